The van der Waals surface area contributed by atoms with Crippen LogP contribution < -0.4 is 11.2 Å². The Morgan fingerprint density at radius 2 is 2.14 bits per heavy atom. The summed E-state index contributed by atoms with van der Waals surface area (Å²) in [6.07, 6.45) is -0.715. The van der Waals surface area contributed by atoms with Crippen LogP contribution in [0.25, 0.3) is 0 Å². The summed E-state index contributed by atoms with van der Waals surface area (Å²) in [7, 11) is -1.74. The van der Waals surface area contributed by atoms with E-state index in [1.165, 1.54) is 13.3 Å². The fraction of sp³-hybridized carbons (Fsp3) is 0.600. The topological polar surface area (TPSA) is 140 Å². The molecule has 0 aliphatic rings. The minimum atomic E-state index is -3.13. The number of H-pyrrole nitrogens is 1. The number of hydrogen-bond donors (Lipinski definition) is 3. The summed E-state index contributed by atoms with van der Waals surface area (Å²) >= 11 is 0. The lowest BCUT2D eigenvalue weighted by Gasteiger charge is -2.23. The minimum absolute atomic E-state index is 0.0176. The van der Waals surface area contributed by atoms with Gasteiger partial charge in [-0.25, -0.2) is 4.79 Å². The van der Waals surface area contributed by atoms with Crippen molar-refractivity contribution in [3.8, 4) is 0 Å². The highest BCUT2D eigenvalue weighted by Crippen LogP contribution is 2.17. The zero-order valence-electron chi connectivity index (χ0n) is 11.2. The first-order chi connectivity index (χ1) is 9.97. The van der Waals surface area contributed by atoms with E-state index in [-0.39, 0.29) is 13.2 Å². The van der Waals surface area contributed by atoms with E-state index in [2.05, 4.69) is 4.52 Å². The number of ether oxygens (including phenoxy) is 2. The van der Waals surface area contributed by atoms with Crippen molar-refractivity contribution in [3.05, 3.63) is 33.1 Å². The highest BCUT2D eigenvalue weighted by molar-refractivity contribution is 7.32. The number of rotatable bonds is 9. The molecular formula is C10H17N2O8P. The lowest BCUT2D eigenvalue weighted by atomic mass is 10.4. The van der Waals surface area contributed by atoms with E-state index in [9.17, 15) is 19.3 Å². The van der Waals surface area contributed by atoms with Crippen LogP contribution in [0.2, 0.25) is 0 Å². The number of aromatic nitrogens is 2. The second-order valence-electron chi connectivity index (χ2n) is 3.94. The summed E-state index contributed by atoms with van der Waals surface area (Å²) in [4.78, 5) is 33.3. The van der Waals surface area contributed by atoms with Crippen molar-refractivity contribution >= 4 is 8.25 Å². The largest absolute Gasteiger partial charge is 0.392 e. The molecule has 1 heterocycles. The summed E-state index contributed by atoms with van der Waals surface area (Å²) in [5.41, 5.74) is -1.34. The van der Waals surface area contributed by atoms with Crippen molar-refractivity contribution in [2.75, 3.05) is 26.9 Å². The SMILES string of the molecule is COC[C@@H](CO[PH](=O)O)O[C@H](CO)n1ccc(=O)[nH]c1=O. The third-order valence-corrected chi connectivity index (χ3v) is 2.83. The van der Waals surface area contributed by atoms with Crippen LogP contribution in [-0.2, 0) is 18.6 Å². The van der Waals surface area contributed by atoms with Crippen LogP contribution >= 0.6 is 8.25 Å². The van der Waals surface area contributed by atoms with E-state index in [1.807, 2.05) is 4.98 Å². The van der Waals surface area contributed by atoms with E-state index in [0.29, 0.717) is 0 Å². The van der Waals surface area contributed by atoms with E-state index < -0.39 is 38.4 Å². The van der Waals surface area contributed by atoms with Crippen LogP contribution in [0.1, 0.15) is 6.23 Å². The molecule has 1 aromatic heterocycles. The van der Waals surface area contributed by atoms with Gasteiger partial charge in [0.25, 0.3) is 5.56 Å². The number of hydrogen-bond acceptors (Lipinski definition) is 7. The molecule has 21 heavy (non-hydrogen) atoms. The Kier molecular flexibility index (Phi) is 7.51. The minimum Gasteiger partial charge on any atom is -0.392 e. The maximum atomic E-state index is 11.6. The molecule has 3 atom stereocenters. The smallest absolute Gasteiger partial charge is 0.330 e. The Balaban J connectivity index is 2.84. The van der Waals surface area contributed by atoms with Gasteiger partial charge in [0.2, 0.25) is 0 Å². The molecule has 0 saturated carbocycles. The average molecular weight is 324 g/mol. The van der Waals surface area contributed by atoms with Crippen molar-refractivity contribution in [2.45, 2.75) is 12.3 Å². The molecule has 0 aliphatic carbocycles. The molecule has 3 N–H and O–H groups in total. The normalized spacial score (nSPS) is 15.6. The van der Waals surface area contributed by atoms with Crippen molar-refractivity contribution in [3.63, 3.8) is 0 Å². The molecule has 0 spiro atoms. The fourth-order valence-electron chi connectivity index (χ4n) is 1.55. The zero-order valence-corrected chi connectivity index (χ0v) is 12.2. The van der Waals surface area contributed by atoms with Gasteiger partial charge in [-0.15, -0.1) is 0 Å². The molecular weight excluding hydrogens is 307 g/mol. The maximum Gasteiger partial charge on any atom is 0.330 e. The zero-order chi connectivity index (χ0) is 15.8. The van der Waals surface area contributed by atoms with Crippen LogP contribution in [0.5, 0.6) is 0 Å². The fourth-order valence-corrected chi connectivity index (χ4v) is 1.88. The van der Waals surface area contributed by atoms with Gasteiger partial charge in [0, 0.05) is 19.4 Å². The van der Waals surface area contributed by atoms with Gasteiger partial charge in [-0.1, -0.05) is 0 Å². The highest BCUT2D eigenvalue weighted by Gasteiger charge is 2.19. The van der Waals surface area contributed by atoms with Gasteiger partial charge in [-0.05, 0) is 0 Å². The van der Waals surface area contributed by atoms with Crippen LogP contribution in [0.4, 0.5) is 0 Å². The Labute approximate surface area is 119 Å². The van der Waals surface area contributed by atoms with E-state index in [0.717, 1.165) is 10.6 Å². The molecule has 0 aliphatic heterocycles. The molecule has 0 bridgehead atoms. The molecule has 0 amide bonds. The average Bonchev–Trinajstić information content (AvgIpc) is 2.42. The molecule has 0 fully saturated rings. The molecule has 0 aromatic carbocycles. The van der Waals surface area contributed by atoms with Gasteiger partial charge >= 0.3 is 13.9 Å². The quantitative estimate of drug-likeness (QED) is 0.464. The molecule has 10 nitrogen and oxygen atoms in total. The van der Waals surface area contributed by atoms with Crippen molar-refractivity contribution < 1.29 is 28.6 Å². The number of aromatic amines is 1. The predicted molar refractivity (Wildman–Crippen MR) is 71.4 cm³/mol. The molecule has 1 unspecified atom stereocenters. The standard InChI is InChI=1S/C10H17N2O8P/c1-18-5-7(6-19-21(16)17)20-9(4-13)12-3-2-8(14)11-10(12)15/h2-3,7,9,13,21H,4-6H2,1H3,(H,16,17)(H,11,14,15)/t7-,9+/m0/s1. The Morgan fingerprint density at radius 1 is 1.43 bits per heavy atom. The van der Waals surface area contributed by atoms with Gasteiger partial charge < -0.3 is 24.0 Å². The van der Waals surface area contributed by atoms with Gasteiger partial charge in [0.15, 0.2) is 6.23 Å². The second-order valence-corrected chi connectivity index (χ2v) is 4.77. The first-order valence-corrected chi connectivity index (χ1v) is 7.16. The van der Waals surface area contributed by atoms with E-state index in [1.54, 1.807) is 0 Å². The molecule has 0 radical (unpaired) electrons. The molecule has 1 rings (SSSR count). The number of nitrogens with zero attached hydrogens (tertiary/aromatic N) is 1. The van der Waals surface area contributed by atoms with Crippen LogP contribution in [-0.4, -0.2) is 52.6 Å². The first kappa shape index (κ1) is 17.8. The Morgan fingerprint density at radius 3 is 2.67 bits per heavy atom. The number of aliphatic hydroxyl groups is 1. The van der Waals surface area contributed by atoms with Gasteiger partial charge in [0.1, 0.15) is 6.10 Å². The summed E-state index contributed by atoms with van der Waals surface area (Å²) in [5, 5.41) is 9.30. The van der Waals surface area contributed by atoms with Crippen LogP contribution in [0.3, 0.4) is 0 Å². The summed E-state index contributed by atoms with van der Waals surface area (Å²) < 4.78 is 26.3. The third-order valence-electron chi connectivity index (χ3n) is 2.41. The maximum absolute atomic E-state index is 11.6. The monoisotopic (exact) mass is 324 g/mol. The van der Waals surface area contributed by atoms with Crippen molar-refractivity contribution in [2.24, 2.45) is 0 Å². The Bertz CT molecular complexity index is 571. The number of methoxy groups -OCH3 is 1. The summed E-state index contributed by atoms with van der Waals surface area (Å²) in [6, 6.07) is 1.10. The Hall–Kier alpha value is -1.29. The first-order valence-electron chi connectivity index (χ1n) is 5.90. The van der Waals surface area contributed by atoms with Crippen LogP contribution in [0, 0.1) is 0 Å². The molecule has 1 aromatic rings. The lowest BCUT2D eigenvalue weighted by Crippen LogP contribution is -2.37. The van der Waals surface area contributed by atoms with Gasteiger partial charge in [0.05, 0.1) is 19.8 Å². The van der Waals surface area contributed by atoms with Crippen LogP contribution in [0.15, 0.2) is 21.9 Å². The van der Waals surface area contributed by atoms with E-state index in [4.69, 9.17) is 14.4 Å². The summed E-state index contributed by atoms with van der Waals surface area (Å²) in [5.74, 6) is 0. The number of aliphatic hydroxyl groups excluding tert-OH is 1. The van der Waals surface area contributed by atoms with E-state index >= 15 is 0 Å². The number of nitrogens with one attached hydrogen (secondary N) is 1. The molecule has 11 heteroatoms. The van der Waals surface area contributed by atoms with Crippen molar-refractivity contribution in [1.29, 1.82) is 0 Å². The van der Waals surface area contributed by atoms with Gasteiger partial charge in [-0.3, -0.25) is 18.9 Å². The lowest BCUT2D eigenvalue weighted by molar-refractivity contribution is -0.115. The molecule has 120 valence electrons. The third kappa shape index (κ3) is 5.92. The van der Waals surface area contributed by atoms with Gasteiger partial charge in [-0.2, -0.15) is 0 Å². The molecule has 0 saturated heterocycles. The predicted octanol–water partition coefficient (Wildman–Crippen LogP) is -1.54. The van der Waals surface area contributed by atoms with Crippen molar-refractivity contribution in [1.82, 2.24) is 9.55 Å². The summed E-state index contributed by atoms with van der Waals surface area (Å²) in [6.45, 7) is -0.791. The highest BCUT2D eigenvalue weighted by atomic mass is 31.1. The second kappa shape index (κ2) is 8.88.